The maximum atomic E-state index is 13.1. The third-order valence-electron chi connectivity index (χ3n) is 8.38. The van der Waals surface area contributed by atoms with E-state index in [1.807, 2.05) is 49.7 Å². The standard InChI is InChI=1S/C32H42N2O4Si2/c1-9-10-19-39(5,6)38-40(7,8)21-29(35)36-24-16-17-27-26(20-24)31(2,3)32(34(27)4)22-33-30-25-14-12-11-13-23(25)15-18-28(30)37-32/h11-18,20,22H,9-10,19,21H2,1-8H3. The third kappa shape index (κ3) is 5.01. The van der Waals surface area contributed by atoms with E-state index in [-0.39, 0.29) is 5.97 Å². The zero-order valence-electron chi connectivity index (χ0n) is 25.1. The van der Waals surface area contributed by atoms with E-state index in [0.717, 1.165) is 45.9 Å². The molecule has 1 atom stereocenters. The SMILES string of the molecule is CCCC[Si](C)(C)O[Si](C)(C)CC(=O)Oc1ccc2c(c1)C(C)(C)C1(C=Nc3c(ccc4ccccc34)O1)N2C. The van der Waals surface area contributed by atoms with Crippen LogP contribution in [0.25, 0.3) is 10.8 Å². The van der Waals surface area contributed by atoms with Gasteiger partial charge in [-0.25, -0.2) is 0 Å². The fraction of sp³-hybridized carbons (Fsp3) is 0.438. The Morgan fingerprint density at radius 1 is 1.02 bits per heavy atom. The van der Waals surface area contributed by atoms with Crippen LogP contribution in [-0.2, 0) is 14.3 Å². The average Bonchev–Trinajstić information content (AvgIpc) is 3.04. The number of rotatable bonds is 8. The van der Waals surface area contributed by atoms with Crippen LogP contribution in [0, 0.1) is 0 Å². The molecule has 0 N–H and O–H groups in total. The molecule has 0 saturated heterocycles. The van der Waals surface area contributed by atoms with Gasteiger partial charge in [0, 0.05) is 18.1 Å². The van der Waals surface area contributed by atoms with Crippen LogP contribution in [-0.4, -0.2) is 41.6 Å². The van der Waals surface area contributed by atoms with Crippen molar-refractivity contribution in [2.24, 2.45) is 4.99 Å². The molecule has 0 bridgehead atoms. The van der Waals surface area contributed by atoms with E-state index in [1.165, 1.54) is 6.42 Å². The smallest absolute Gasteiger partial charge is 0.310 e. The van der Waals surface area contributed by atoms with Gasteiger partial charge in [-0.3, -0.25) is 9.79 Å². The number of ether oxygens (including phenoxy) is 2. The van der Waals surface area contributed by atoms with Crippen molar-refractivity contribution in [1.29, 1.82) is 0 Å². The van der Waals surface area contributed by atoms with E-state index >= 15 is 0 Å². The molecule has 2 aliphatic heterocycles. The number of aliphatic imine (C=N–C) groups is 1. The van der Waals surface area contributed by atoms with Crippen LogP contribution in [0.1, 0.15) is 39.2 Å². The average molecular weight is 575 g/mol. The van der Waals surface area contributed by atoms with Crippen molar-refractivity contribution >= 4 is 51.0 Å². The van der Waals surface area contributed by atoms with Crippen LogP contribution in [0.5, 0.6) is 11.5 Å². The lowest BCUT2D eigenvalue weighted by Crippen LogP contribution is -2.61. The summed E-state index contributed by atoms with van der Waals surface area (Å²) in [4.78, 5) is 20.2. The van der Waals surface area contributed by atoms with E-state index < -0.39 is 27.8 Å². The Hall–Kier alpha value is -2.95. The van der Waals surface area contributed by atoms with Crippen LogP contribution >= 0.6 is 0 Å². The summed E-state index contributed by atoms with van der Waals surface area (Å²) in [7, 11) is -1.97. The highest BCUT2D eigenvalue weighted by Gasteiger charge is 2.58. The predicted octanol–water partition coefficient (Wildman–Crippen LogP) is 8.19. The van der Waals surface area contributed by atoms with Gasteiger partial charge in [-0.05, 0) is 81.3 Å². The minimum atomic E-state index is -2.21. The van der Waals surface area contributed by atoms with Gasteiger partial charge in [0.2, 0.25) is 5.72 Å². The van der Waals surface area contributed by atoms with Crippen molar-refractivity contribution in [3.05, 3.63) is 60.2 Å². The summed E-state index contributed by atoms with van der Waals surface area (Å²) in [6.07, 6.45) is 4.27. The largest absolute Gasteiger partial charge is 0.459 e. The molecule has 3 aromatic carbocycles. The molecule has 2 heterocycles. The van der Waals surface area contributed by atoms with Crippen molar-refractivity contribution in [2.75, 3.05) is 11.9 Å². The first-order chi connectivity index (χ1) is 18.8. The van der Waals surface area contributed by atoms with Crippen LogP contribution in [0.15, 0.2) is 59.6 Å². The van der Waals surface area contributed by atoms with E-state index in [9.17, 15) is 4.79 Å². The predicted molar refractivity (Wildman–Crippen MR) is 170 cm³/mol. The zero-order chi connectivity index (χ0) is 28.9. The fourth-order valence-corrected chi connectivity index (χ4v) is 15.0. The molecule has 0 fully saturated rings. The van der Waals surface area contributed by atoms with Gasteiger partial charge in [0.15, 0.2) is 16.6 Å². The molecule has 212 valence electrons. The first kappa shape index (κ1) is 28.6. The highest BCUT2D eigenvalue weighted by molar-refractivity contribution is 6.86. The molecule has 0 saturated carbocycles. The van der Waals surface area contributed by atoms with Crippen LogP contribution in [0.2, 0.25) is 38.3 Å². The van der Waals surface area contributed by atoms with Gasteiger partial charge >= 0.3 is 5.97 Å². The number of carbonyl (C=O) groups is 1. The van der Waals surface area contributed by atoms with Gasteiger partial charge < -0.3 is 18.5 Å². The van der Waals surface area contributed by atoms with Crippen molar-refractivity contribution in [3.8, 4) is 11.5 Å². The Morgan fingerprint density at radius 3 is 2.52 bits per heavy atom. The molecule has 6 nitrogen and oxygen atoms in total. The summed E-state index contributed by atoms with van der Waals surface area (Å²) >= 11 is 0. The van der Waals surface area contributed by atoms with Gasteiger partial charge in [0.1, 0.15) is 17.2 Å². The molecule has 1 spiro atoms. The van der Waals surface area contributed by atoms with E-state index in [2.05, 4.69) is 70.1 Å². The number of hydrogen-bond donors (Lipinski definition) is 0. The minimum absolute atomic E-state index is 0.230. The first-order valence-corrected chi connectivity index (χ1v) is 20.6. The Kier molecular flexibility index (Phi) is 7.25. The Balaban J connectivity index is 1.36. The molecule has 1 unspecified atom stereocenters. The maximum absolute atomic E-state index is 13.1. The number of esters is 1. The fourth-order valence-electron chi connectivity index (χ4n) is 6.36. The lowest BCUT2D eigenvalue weighted by atomic mass is 9.77. The van der Waals surface area contributed by atoms with Crippen molar-refractivity contribution < 1.29 is 18.4 Å². The van der Waals surface area contributed by atoms with Gasteiger partial charge in [0.25, 0.3) is 0 Å². The number of hydrogen-bond acceptors (Lipinski definition) is 6. The number of benzene rings is 3. The summed E-state index contributed by atoms with van der Waals surface area (Å²) in [5.74, 6) is 1.08. The van der Waals surface area contributed by atoms with Crippen LogP contribution in [0.4, 0.5) is 11.4 Å². The zero-order valence-corrected chi connectivity index (χ0v) is 27.1. The lowest BCUT2D eigenvalue weighted by Gasteiger charge is -2.45. The van der Waals surface area contributed by atoms with E-state index in [4.69, 9.17) is 18.6 Å². The number of carbonyl (C=O) groups excluding carboxylic acids is 1. The maximum Gasteiger partial charge on any atom is 0.310 e. The summed E-state index contributed by atoms with van der Waals surface area (Å²) in [5.41, 5.74) is 1.65. The Morgan fingerprint density at radius 2 is 1.77 bits per heavy atom. The van der Waals surface area contributed by atoms with Crippen LogP contribution < -0.4 is 14.4 Å². The van der Waals surface area contributed by atoms with Crippen molar-refractivity contribution in [2.45, 2.75) is 83.0 Å². The first-order valence-electron chi connectivity index (χ1n) is 14.3. The molecule has 40 heavy (non-hydrogen) atoms. The van der Waals surface area contributed by atoms with Crippen molar-refractivity contribution in [1.82, 2.24) is 0 Å². The minimum Gasteiger partial charge on any atom is -0.459 e. The second kappa shape index (κ2) is 10.2. The van der Waals surface area contributed by atoms with Gasteiger partial charge in [-0.1, -0.05) is 50.1 Å². The van der Waals surface area contributed by atoms with Gasteiger partial charge in [-0.2, -0.15) is 0 Å². The van der Waals surface area contributed by atoms with E-state index in [0.29, 0.717) is 11.8 Å². The topological polar surface area (TPSA) is 60.4 Å². The third-order valence-corrected chi connectivity index (χ3v) is 15.5. The Bertz CT molecular complexity index is 1480. The number of anilines is 1. The number of nitrogens with zero attached hydrogens (tertiary/aromatic N) is 2. The number of fused-ring (bicyclic) bond motifs is 4. The molecular weight excluding hydrogens is 533 g/mol. The van der Waals surface area contributed by atoms with Gasteiger partial charge in [-0.15, -0.1) is 0 Å². The molecule has 0 aliphatic carbocycles. The molecule has 3 aromatic rings. The number of unbranched alkanes of at least 4 members (excludes halogenated alkanes) is 1. The molecule has 2 aliphatic rings. The molecule has 0 aromatic heterocycles. The summed E-state index contributed by atoms with van der Waals surface area (Å²) in [6.45, 7) is 15.3. The summed E-state index contributed by atoms with van der Waals surface area (Å²) in [6, 6.07) is 19.6. The summed E-state index contributed by atoms with van der Waals surface area (Å²) < 4.78 is 19.4. The quantitative estimate of drug-likeness (QED) is 0.154. The number of likely N-dealkylation sites (N-methyl/N-ethyl adjacent to an activating group) is 1. The highest BCUT2D eigenvalue weighted by atomic mass is 28.4. The van der Waals surface area contributed by atoms with E-state index in [1.54, 1.807) is 0 Å². The Labute approximate surface area is 240 Å². The van der Waals surface area contributed by atoms with Crippen LogP contribution in [0.3, 0.4) is 0 Å². The summed E-state index contributed by atoms with van der Waals surface area (Å²) in [5, 5.41) is 2.21. The molecule has 8 heteroatoms. The van der Waals surface area contributed by atoms with Gasteiger partial charge in [0.05, 0.1) is 17.7 Å². The molecule has 0 radical (unpaired) electrons. The normalized spacial score (nSPS) is 19.4. The highest BCUT2D eigenvalue weighted by Crippen LogP contribution is 2.54. The lowest BCUT2D eigenvalue weighted by molar-refractivity contribution is -0.132. The van der Waals surface area contributed by atoms with Crippen molar-refractivity contribution in [3.63, 3.8) is 0 Å². The molecular formula is C32H42N2O4Si2. The second-order valence-electron chi connectivity index (χ2n) is 12.9. The monoisotopic (exact) mass is 574 g/mol. The second-order valence-corrected chi connectivity index (χ2v) is 21.6. The molecule has 5 rings (SSSR count). The molecule has 0 amide bonds.